The second kappa shape index (κ2) is 4.68. The van der Waals surface area contributed by atoms with Crippen molar-refractivity contribution in [2.24, 2.45) is 0 Å². The minimum absolute atomic E-state index is 0.0382. The first kappa shape index (κ1) is 13.0. The van der Waals surface area contributed by atoms with Crippen LogP contribution in [0.5, 0.6) is 0 Å². The Morgan fingerprint density at radius 2 is 1.67 bits per heavy atom. The molecule has 1 heterocycles. The molecule has 1 aromatic carbocycles. The van der Waals surface area contributed by atoms with Gasteiger partial charge in [-0.25, -0.2) is 0 Å². The molecule has 0 radical (unpaired) electrons. The Hall–Kier alpha value is -1.44. The predicted molar refractivity (Wildman–Crippen MR) is 76.9 cm³/mol. The molecule has 0 unspecified atom stereocenters. The molecule has 2 heteroatoms. The van der Waals surface area contributed by atoms with Crippen LogP contribution in [0, 0.1) is 0 Å². The molecule has 0 saturated heterocycles. The van der Waals surface area contributed by atoms with Crippen LogP contribution >= 0.6 is 0 Å². The smallest absolute Gasteiger partial charge is 0.0906 e. The summed E-state index contributed by atoms with van der Waals surface area (Å²) < 4.78 is 0. The molecule has 0 aromatic heterocycles. The van der Waals surface area contributed by atoms with Crippen molar-refractivity contribution in [3.8, 4) is 0 Å². The summed E-state index contributed by atoms with van der Waals surface area (Å²) in [6.45, 7) is 13.3. The molecule has 0 amide bonds. The number of benzene rings is 1. The number of allylic oxidation sites excluding steroid dienone is 2. The van der Waals surface area contributed by atoms with Crippen molar-refractivity contribution < 1.29 is 0 Å². The van der Waals surface area contributed by atoms with Crippen molar-refractivity contribution >= 4 is 0 Å². The highest BCUT2D eigenvalue weighted by atomic mass is 15.4. The molecule has 0 atom stereocenters. The van der Waals surface area contributed by atoms with E-state index in [1.165, 1.54) is 17.0 Å². The van der Waals surface area contributed by atoms with E-state index in [0.29, 0.717) is 0 Å². The summed E-state index contributed by atoms with van der Waals surface area (Å²) in [5, 5.41) is 0. The van der Waals surface area contributed by atoms with Gasteiger partial charge in [-0.15, -0.1) is 0 Å². The van der Waals surface area contributed by atoms with E-state index in [0.717, 1.165) is 13.2 Å². The lowest BCUT2D eigenvalue weighted by atomic mass is 9.92. The lowest BCUT2D eigenvalue weighted by Gasteiger charge is -2.39. The summed E-state index contributed by atoms with van der Waals surface area (Å²) in [5.41, 5.74) is 4.21. The first-order chi connectivity index (χ1) is 8.48. The lowest BCUT2D eigenvalue weighted by Crippen LogP contribution is -2.41. The Morgan fingerprint density at radius 1 is 1.06 bits per heavy atom. The Morgan fingerprint density at radius 3 is 2.17 bits per heavy atom. The molecule has 2 nitrogen and oxygen atoms in total. The zero-order valence-electron chi connectivity index (χ0n) is 12.2. The molecule has 0 aliphatic carbocycles. The van der Waals surface area contributed by atoms with Crippen LogP contribution in [0.3, 0.4) is 0 Å². The Kier molecular flexibility index (Phi) is 3.38. The molecule has 0 saturated carbocycles. The van der Waals surface area contributed by atoms with E-state index in [-0.39, 0.29) is 5.54 Å². The maximum absolute atomic E-state index is 2.50. The fourth-order valence-corrected chi connectivity index (χ4v) is 2.74. The van der Waals surface area contributed by atoms with E-state index in [1.54, 1.807) is 0 Å². The average Bonchev–Trinajstić information content (AvgIpc) is 2.67. The van der Waals surface area contributed by atoms with Crippen LogP contribution in [-0.2, 0) is 5.54 Å². The van der Waals surface area contributed by atoms with Crippen molar-refractivity contribution in [1.82, 2.24) is 9.80 Å². The quantitative estimate of drug-likeness (QED) is 0.798. The van der Waals surface area contributed by atoms with Crippen molar-refractivity contribution in [2.75, 3.05) is 13.2 Å². The van der Waals surface area contributed by atoms with Crippen molar-refractivity contribution in [1.29, 1.82) is 0 Å². The Balaban J connectivity index is 2.33. The summed E-state index contributed by atoms with van der Waals surface area (Å²) in [7, 11) is 0. The highest BCUT2D eigenvalue weighted by molar-refractivity contribution is 5.27. The van der Waals surface area contributed by atoms with Gasteiger partial charge in [-0.05, 0) is 40.2 Å². The van der Waals surface area contributed by atoms with Crippen molar-refractivity contribution in [3.63, 3.8) is 0 Å². The van der Waals surface area contributed by atoms with Gasteiger partial charge < -0.3 is 9.80 Å². The van der Waals surface area contributed by atoms with E-state index < -0.39 is 0 Å². The number of hydrogen-bond donors (Lipinski definition) is 0. The normalized spacial score (nSPS) is 16.7. The van der Waals surface area contributed by atoms with E-state index in [2.05, 4.69) is 74.8 Å². The number of rotatable bonds is 3. The van der Waals surface area contributed by atoms with Crippen LogP contribution in [0.15, 0.2) is 41.7 Å². The largest absolute Gasteiger partial charge is 0.356 e. The van der Waals surface area contributed by atoms with Gasteiger partial charge in [0.1, 0.15) is 0 Å². The summed E-state index contributed by atoms with van der Waals surface area (Å²) in [4.78, 5) is 4.93. The topological polar surface area (TPSA) is 6.48 Å². The molecule has 18 heavy (non-hydrogen) atoms. The number of nitrogens with zero attached hydrogens (tertiary/aromatic N) is 2. The molecular weight excluding hydrogens is 220 g/mol. The minimum atomic E-state index is 0.0382. The standard InChI is InChI=1S/C16H24N2/c1-6-17-12-18(14(3)13(17)2)16(4,5)15-10-8-7-9-11-15/h7-11H,6,12H2,1-5H3. The molecule has 0 bridgehead atoms. The van der Waals surface area contributed by atoms with Crippen LogP contribution < -0.4 is 0 Å². The predicted octanol–water partition coefficient (Wildman–Crippen LogP) is 3.77. The highest BCUT2D eigenvalue weighted by Gasteiger charge is 2.34. The molecule has 1 aromatic rings. The van der Waals surface area contributed by atoms with Crippen LogP contribution in [-0.4, -0.2) is 23.0 Å². The van der Waals surface area contributed by atoms with Gasteiger partial charge in [0.15, 0.2) is 0 Å². The molecule has 0 spiro atoms. The van der Waals surface area contributed by atoms with Gasteiger partial charge in [0, 0.05) is 17.9 Å². The highest BCUT2D eigenvalue weighted by Crippen LogP contribution is 2.36. The third-order valence-corrected chi connectivity index (χ3v) is 4.25. The fourth-order valence-electron chi connectivity index (χ4n) is 2.74. The first-order valence-electron chi connectivity index (χ1n) is 6.74. The monoisotopic (exact) mass is 244 g/mol. The second-order valence-corrected chi connectivity index (χ2v) is 5.52. The third-order valence-electron chi connectivity index (χ3n) is 4.25. The van der Waals surface area contributed by atoms with Gasteiger partial charge in [0.05, 0.1) is 12.2 Å². The van der Waals surface area contributed by atoms with Gasteiger partial charge in [0.25, 0.3) is 0 Å². The summed E-state index contributed by atoms with van der Waals surface area (Å²) in [5.74, 6) is 0. The molecule has 1 aliphatic rings. The fraction of sp³-hybridized carbons (Fsp3) is 0.500. The van der Waals surface area contributed by atoms with Gasteiger partial charge in [-0.1, -0.05) is 30.3 Å². The molecule has 98 valence electrons. The second-order valence-electron chi connectivity index (χ2n) is 5.52. The molecule has 0 N–H and O–H groups in total. The third kappa shape index (κ3) is 2.00. The van der Waals surface area contributed by atoms with E-state index in [9.17, 15) is 0 Å². The lowest BCUT2D eigenvalue weighted by molar-refractivity contribution is 0.134. The van der Waals surface area contributed by atoms with E-state index in [4.69, 9.17) is 0 Å². The Labute approximate surface area is 111 Å². The molecule has 0 fully saturated rings. The van der Waals surface area contributed by atoms with Gasteiger partial charge in [-0.2, -0.15) is 0 Å². The van der Waals surface area contributed by atoms with Crippen LogP contribution in [0.4, 0.5) is 0 Å². The van der Waals surface area contributed by atoms with Crippen LogP contribution in [0.1, 0.15) is 40.2 Å². The van der Waals surface area contributed by atoms with Crippen LogP contribution in [0.25, 0.3) is 0 Å². The molecule has 1 aliphatic heterocycles. The summed E-state index contributed by atoms with van der Waals surface area (Å²) in [6, 6.07) is 10.8. The summed E-state index contributed by atoms with van der Waals surface area (Å²) >= 11 is 0. The Bertz CT molecular complexity index is 445. The van der Waals surface area contributed by atoms with Crippen LogP contribution in [0.2, 0.25) is 0 Å². The van der Waals surface area contributed by atoms with Gasteiger partial charge in [0.2, 0.25) is 0 Å². The molecule has 2 rings (SSSR count). The first-order valence-corrected chi connectivity index (χ1v) is 6.74. The maximum Gasteiger partial charge on any atom is 0.0906 e. The zero-order chi connectivity index (χ0) is 13.3. The minimum Gasteiger partial charge on any atom is -0.356 e. The van der Waals surface area contributed by atoms with Gasteiger partial charge >= 0.3 is 0 Å². The van der Waals surface area contributed by atoms with E-state index in [1.807, 2.05) is 0 Å². The molecular formula is C16H24N2. The van der Waals surface area contributed by atoms with Crippen molar-refractivity contribution in [3.05, 3.63) is 47.3 Å². The van der Waals surface area contributed by atoms with Crippen molar-refractivity contribution in [2.45, 2.75) is 40.2 Å². The SMILES string of the molecule is CCN1CN(C(C)(C)c2ccccc2)C(C)=C1C. The van der Waals surface area contributed by atoms with Gasteiger partial charge in [-0.3, -0.25) is 0 Å². The number of hydrogen-bond acceptors (Lipinski definition) is 2. The zero-order valence-corrected chi connectivity index (χ0v) is 12.2. The van der Waals surface area contributed by atoms with E-state index >= 15 is 0 Å². The summed E-state index contributed by atoms with van der Waals surface area (Å²) in [6.07, 6.45) is 0. The maximum atomic E-state index is 2.50. The average molecular weight is 244 g/mol.